The van der Waals surface area contributed by atoms with Crippen LogP contribution < -0.4 is 4.74 Å². The Balaban J connectivity index is 2.04. The molecule has 0 aromatic heterocycles. The van der Waals surface area contributed by atoms with Crippen molar-refractivity contribution in [1.82, 2.24) is 0 Å². The predicted molar refractivity (Wildman–Crippen MR) is 85.2 cm³/mol. The maximum absolute atomic E-state index is 12.1. The smallest absolute Gasteiger partial charge is 0.200 e. The molecule has 2 aromatic rings. The van der Waals surface area contributed by atoms with Crippen molar-refractivity contribution in [1.29, 1.82) is 0 Å². The molecular weight excluding hydrogens is 300 g/mol. The van der Waals surface area contributed by atoms with Crippen molar-refractivity contribution in [3.63, 3.8) is 0 Å². The quantitative estimate of drug-likeness (QED) is 0.768. The predicted octanol–water partition coefficient (Wildman–Crippen LogP) is 2.91. The van der Waals surface area contributed by atoms with Crippen LogP contribution in [-0.4, -0.2) is 27.1 Å². The van der Waals surface area contributed by atoms with Gasteiger partial charge in [0.15, 0.2) is 22.2 Å². The fourth-order valence-corrected chi connectivity index (χ4v) is 2.61. The molecule has 5 heteroatoms. The fraction of sp³-hybridized carbons (Fsp3) is 0.235. The zero-order chi connectivity index (χ0) is 16.2. The first kappa shape index (κ1) is 16.2. The Morgan fingerprint density at radius 1 is 1.09 bits per heavy atom. The molecule has 0 fully saturated rings. The number of hydrogen-bond acceptors (Lipinski definition) is 4. The van der Waals surface area contributed by atoms with Gasteiger partial charge >= 0.3 is 0 Å². The van der Waals surface area contributed by atoms with Crippen LogP contribution in [0.3, 0.4) is 0 Å². The second-order valence-corrected chi connectivity index (χ2v) is 7.03. The van der Waals surface area contributed by atoms with Gasteiger partial charge in [-0.3, -0.25) is 4.79 Å². The largest absolute Gasteiger partial charge is 0.485 e. The van der Waals surface area contributed by atoms with Gasteiger partial charge in [-0.15, -0.1) is 0 Å². The Kier molecular flexibility index (Phi) is 4.98. The average Bonchev–Trinajstić information content (AvgIpc) is 2.52. The summed E-state index contributed by atoms with van der Waals surface area (Å²) >= 11 is 0. The van der Waals surface area contributed by atoms with Gasteiger partial charge in [0.05, 0.1) is 4.90 Å². The van der Waals surface area contributed by atoms with Crippen molar-refractivity contribution < 1.29 is 17.9 Å². The average molecular weight is 318 g/mol. The maximum Gasteiger partial charge on any atom is 0.200 e. The zero-order valence-electron chi connectivity index (χ0n) is 12.6. The molecule has 0 aliphatic heterocycles. The van der Waals surface area contributed by atoms with E-state index in [1.807, 2.05) is 12.1 Å². The van der Waals surface area contributed by atoms with Crippen LogP contribution in [0.15, 0.2) is 53.4 Å². The number of carbonyl (C=O) groups excluding carboxylic acids is 1. The summed E-state index contributed by atoms with van der Waals surface area (Å²) in [5.41, 5.74) is 1.75. The summed E-state index contributed by atoms with van der Waals surface area (Å²) in [6, 6.07) is 13.5. The minimum absolute atomic E-state index is 0.126. The van der Waals surface area contributed by atoms with Gasteiger partial charge in [-0.1, -0.05) is 37.3 Å². The number of ether oxygens (including phenoxy) is 1. The van der Waals surface area contributed by atoms with Crippen LogP contribution in [0, 0.1) is 0 Å². The lowest BCUT2D eigenvalue weighted by Gasteiger charge is -2.07. The van der Waals surface area contributed by atoms with Crippen LogP contribution in [-0.2, 0) is 16.3 Å². The molecule has 2 aromatic carbocycles. The van der Waals surface area contributed by atoms with Crippen LogP contribution >= 0.6 is 0 Å². The fourth-order valence-electron chi connectivity index (χ4n) is 1.95. The molecule has 4 nitrogen and oxygen atoms in total. The number of aryl methyl sites for hydroxylation is 1. The van der Waals surface area contributed by atoms with E-state index < -0.39 is 9.84 Å². The van der Waals surface area contributed by atoms with Crippen LogP contribution in [0.4, 0.5) is 0 Å². The number of sulfone groups is 1. The molecule has 0 spiro atoms. The van der Waals surface area contributed by atoms with Crippen molar-refractivity contribution in [2.45, 2.75) is 18.2 Å². The summed E-state index contributed by atoms with van der Waals surface area (Å²) in [6.07, 6.45) is 2.05. The van der Waals surface area contributed by atoms with E-state index in [2.05, 4.69) is 6.92 Å². The van der Waals surface area contributed by atoms with Crippen LogP contribution in [0.2, 0.25) is 0 Å². The van der Waals surface area contributed by atoms with E-state index in [1.54, 1.807) is 24.3 Å². The van der Waals surface area contributed by atoms with Gasteiger partial charge in [-0.2, -0.15) is 0 Å². The van der Waals surface area contributed by atoms with Gasteiger partial charge < -0.3 is 4.74 Å². The van der Waals surface area contributed by atoms with Crippen molar-refractivity contribution >= 4 is 15.6 Å². The molecule has 2 rings (SSSR count). The van der Waals surface area contributed by atoms with E-state index >= 15 is 0 Å². The number of hydrogen-bond donors (Lipinski definition) is 0. The third-order valence-electron chi connectivity index (χ3n) is 3.29. The highest BCUT2D eigenvalue weighted by atomic mass is 32.2. The highest BCUT2D eigenvalue weighted by Crippen LogP contribution is 2.17. The van der Waals surface area contributed by atoms with Gasteiger partial charge in [0.2, 0.25) is 0 Å². The zero-order valence-corrected chi connectivity index (χ0v) is 13.4. The number of Topliss-reactive ketones (excluding diaryl/α,β-unsaturated/α-hetero) is 1. The molecule has 0 saturated carbocycles. The van der Waals surface area contributed by atoms with Crippen LogP contribution in [0.25, 0.3) is 0 Å². The van der Waals surface area contributed by atoms with Crippen LogP contribution in [0.1, 0.15) is 22.8 Å². The number of ketones is 1. The standard InChI is InChI=1S/C17H18O4S/c1-3-13-7-9-14(10-8-13)17(18)12-21-15-5-4-6-16(11-15)22(2,19)20/h4-11H,3,12H2,1-2H3. The normalized spacial score (nSPS) is 11.2. The molecule has 0 aliphatic carbocycles. The molecule has 0 radical (unpaired) electrons. The van der Waals surface area contributed by atoms with Crippen LogP contribution in [0.5, 0.6) is 5.75 Å². The summed E-state index contributed by atoms with van der Waals surface area (Å²) in [5, 5.41) is 0. The molecule has 0 bridgehead atoms. The van der Waals surface area contributed by atoms with E-state index in [4.69, 9.17) is 4.74 Å². The van der Waals surface area contributed by atoms with Crippen molar-refractivity contribution in [3.05, 3.63) is 59.7 Å². The van der Waals surface area contributed by atoms with E-state index in [0.29, 0.717) is 11.3 Å². The van der Waals surface area contributed by atoms with Gasteiger partial charge in [-0.05, 0) is 30.2 Å². The Hall–Kier alpha value is -2.14. The minimum Gasteiger partial charge on any atom is -0.485 e. The third-order valence-corrected chi connectivity index (χ3v) is 4.40. The lowest BCUT2D eigenvalue weighted by atomic mass is 10.1. The number of carbonyl (C=O) groups is 1. The molecule has 0 N–H and O–H groups in total. The molecule has 0 unspecified atom stereocenters. The van der Waals surface area contributed by atoms with E-state index in [9.17, 15) is 13.2 Å². The molecule has 0 heterocycles. The van der Waals surface area contributed by atoms with Gasteiger partial charge in [-0.25, -0.2) is 8.42 Å². The first-order chi connectivity index (χ1) is 10.4. The van der Waals surface area contributed by atoms with E-state index in [0.717, 1.165) is 12.7 Å². The molecule has 0 saturated heterocycles. The monoisotopic (exact) mass is 318 g/mol. The summed E-state index contributed by atoms with van der Waals surface area (Å²) in [4.78, 5) is 12.2. The first-order valence-corrected chi connectivity index (χ1v) is 8.84. The van der Waals surface area contributed by atoms with E-state index in [1.165, 1.54) is 17.7 Å². The number of benzene rings is 2. The lowest BCUT2D eigenvalue weighted by Crippen LogP contribution is -2.11. The summed E-state index contributed by atoms with van der Waals surface area (Å²) in [7, 11) is -3.29. The SMILES string of the molecule is CCc1ccc(C(=O)COc2cccc(S(C)(=O)=O)c2)cc1. The summed E-state index contributed by atoms with van der Waals surface area (Å²) in [6.45, 7) is 1.92. The Morgan fingerprint density at radius 3 is 2.36 bits per heavy atom. The maximum atomic E-state index is 12.1. The van der Waals surface area contributed by atoms with Gasteiger partial charge in [0, 0.05) is 11.8 Å². The molecular formula is C17H18O4S. The Morgan fingerprint density at radius 2 is 1.77 bits per heavy atom. The Labute approximate surface area is 130 Å². The minimum atomic E-state index is -3.29. The topological polar surface area (TPSA) is 60.4 Å². The molecule has 22 heavy (non-hydrogen) atoms. The van der Waals surface area contributed by atoms with Crippen molar-refractivity contribution in [2.24, 2.45) is 0 Å². The second-order valence-electron chi connectivity index (χ2n) is 5.01. The van der Waals surface area contributed by atoms with Crippen molar-refractivity contribution in [2.75, 3.05) is 12.9 Å². The lowest BCUT2D eigenvalue weighted by molar-refractivity contribution is 0.0921. The van der Waals surface area contributed by atoms with Gasteiger partial charge in [0.1, 0.15) is 5.75 Å². The first-order valence-electron chi connectivity index (χ1n) is 6.95. The molecule has 0 amide bonds. The van der Waals surface area contributed by atoms with Gasteiger partial charge in [0.25, 0.3) is 0 Å². The number of rotatable bonds is 6. The molecule has 0 aliphatic rings. The summed E-state index contributed by atoms with van der Waals surface area (Å²) < 4.78 is 28.4. The molecule has 0 atom stereocenters. The summed E-state index contributed by atoms with van der Waals surface area (Å²) in [5.74, 6) is 0.217. The third kappa shape index (κ3) is 4.18. The molecule has 116 valence electrons. The highest BCUT2D eigenvalue weighted by Gasteiger charge is 2.10. The van der Waals surface area contributed by atoms with Crippen molar-refractivity contribution in [3.8, 4) is 5.75 Å². The van der Waals surface area contributed by atoms with E-state index in [-0.39, 0.29) is 17.3 Å². The second kappa shape index (κ2) is 6.75. The Bertz CT molecular complexity index is 762. The highest BCUT2D eigenvalue weighted by molar-refractivity contribution is 7.90.